The summed E-state index contributed by atoms with van der Waals surface area (Å²) in [5.41, 5.74) is 0. The van der Waals surface area contributed by atoms with Gasteiger partial charge in [-0.3, -0.25) is 9.89 Å². The Morgan fingerprint density at radius 1 is 1.33 bits per heavy atom. The second-order valence-corrected chi connectivity index (χ2v) is 8.48. The minimum atomic E-state index is 0. The van der Waals surface area contributed by atoms with E-state index in [1.807, 2.05) is 24.9 Å². The van der Waals surface area contributed by atoms with Crippen LogP contribution in [0.1, 0.15) is 25.7 Å². The van der Waals surface area contributed by atoms with Crippen LogP contribution in [0.5, 0.6) is 0 Å². The van der Waals surface area contributed by atoms with Crippen LogP contribution in [-0.2, 0) is 0 Å². The third-order valence-corrected chi connectivity index (χ3v) is 6.61. The maximum atomic E-state index is 4.37. The summed E-state index contributed by atoms with van der Waals surface area (Å²) in [7, 11) is 1.85. The number of nitrogens with zero attached hydrogens (tertiary/aromatic N) is 2. The molecular formula is C20H32BrIN4S. The van der Waals surface area contributed by atoms with E-state index < -0.39 is 0 Å². The molecule has 0 unspecified atom stereocenters. The fraction of sp³-hybridized carbons (Fsp3) is 0.550. The van der Waals surface area contributed by atoms with Crippen molar-refractivity contribution in [2.24, 2.45) is 4.99 Å². The van der Waals surface area contributed by atoms with Crippen molar-refractivity contribution >= 4 is 57.6 Å². The van der Waals surface area contributed by atoms with Crippen LogP contribution in [-0.4, -0.2) is 55.9 Å². The van der Waals surface area contributed by atoms with Gasteiger partial charge in [0.15, 0.2) is 5.96 Å². The number of piperidine rings is 1. The Labute approximate surface area is 194 Å². The molecule has 0 atom stereocenters. The van der Waals surface area contributed by atoms with E-state index in [0.717, 1.165) is 57.2 Å². The van der Waals surface area contributed by atoms with Crippen LogP contribution in [0.15, 0.2) is 51.3 Å². The molecule has 0 saturated carbocycles. The van der Waals surface area contributed by atoms with Gasteiger partial charge >= 0.3 is 0 Å². The molecule has 1 saturated heterocycles. The number of halogens is 2. The van der Waals surface area contributed by atoms with Crippen molar-refractivity contribution in [1.82, 2.24) is 15.5 Å². The second kappa shape index (κ2) is 14.7. The fourth-order valence-electron chi connectivity index (χ4n) is 3.01. The van der Waals surface area contributed by atoms with E-state index in [0.29, 0.717) is 6.04 Å². The van der Waals surface area contributed by atoms with Crippen LogP contribution in [0.2, 0.25) is 0 Å². The zero-order chi connectivity index (χ0) is 18.6. The third kappa shape index (κ3) is 9.67. The summed E-state index contributed by atoms with van der Waals surface area (Å²) in [6.45, 7) is 8.05. The molecular weight excluding hydrogens is 535 g/mol. The van der Waals surface area contributed by atoms with Gasteiger partial charge in [-0.2, -0.15) is 0 Å². The van der Waals surface area contributed by atoms with Crippen LogP contribution in [0.4, 0.5) is 0 Å². The molecule has 0 aromatic heterocycles. The fourth-order valence-corrected chi connectivity index (χ4v) is 4.59. The molecule has 0 aliphatic carbocycles. The molecule has 4 nitrogen and oxygen atoms in total. The molecule has 0 bridgehead atoms. The number of benzene rings is 1. The molecule has 1 aliphatic heterocycles. The number of thioether (sulfide) groups is 1. The van der Waals surface area contributed by atoms with E-state index in [9.17, 15) is 0 Å². The Balaban J connectivity index is 0.00000364. The number of rotatable bonds is 9. The Kier molecular flexibility index (Phi) is 13.5. The maximum Gasteiger partial charge on any atom is 0.191 e. The first-order chi connectivity index (χ1) is 12.7. The summed E-state index contributed by atoms with van der Waals surface area (Å²) in [5.74, 6) is 2.07. The van der Waals surface area contributed by atoms with Gasteiger partial charge in [0, 0.05) is 48.6 Å². The van der Waals surface area contributed by atoms with Crippen LogP contribution in [0.25, 0.3) is 0 Å². The summed E-state index contributed by atoms with van der Waals surface area (Å²) >= 11 is 5.51. The van der Waals surface area contributed by atoms with E-state index in [4.69, 9.17) is 0 Å². The summed E-state index contributed by atoms with van der Waals surface area (Å²) < 4.78 is 1.19. The van der Waals surface area contributed by atoms with E-state index in [-0.39, 0.29) is 24.0 Å². The molecule has 27 heavy (non-hydrogen) atoms. The molecule has 1 aromatic carbocycles. The molecule has 0 amide bonds. The summed E-state index contributed by atoms with van der Waals surface area (Å²) in [6, 6.07) is 8.93. The van der Waals surface area contributed by atoms with Crippen molar-refractivity contribution in [3.05, 3.63) is 41.4 Å². The van der Waals surface area contributed by atoms with Crippen LogP contribution >= 0.6 is 51.7 Å². The second-order valence-electron chi connectivity index (χ2n) is 6.49. The number of hydrogen-bond donors (Lipinski definition) is 2. The predicted octanol–water partition coefficient (Wildman–Crippen LogP) is 4.75. The van der Waals surface area contributed by atoms with Gasteiger partial charge in [0.25, 0.3) is 0 Å². The van der Waals surface area contributed by atoms with E-state index >= 15 is 0 Å². The van der Waals surface area contributed by atoms with Gasteiger partial charge in [0.05, 0.1) is 0 Å². The molecule has 1 aliphatic rings. The molecule has 1 heterocycles. The van der Waals surface area contributed by atoms with Crippen molar-refractivity contribution in [3.63, 3.8) is 0 Å². The first kappa shape index (κ1) is 24.8. The Hall–Kier alpha value is -0.250. The zero-order valence-electron chi connectivity index (χ0n) is 16.1. The molecule has 0 spiro atoms. The predicted molar refractivity (Wildman–Crippen MR) is 134 cm³/mol. The highest BCUT2D eigenvalue weighted by atomic mass is 127. The number of aliphatic imine (C=N–C) groups is 1. The summed E-state index contributed by atoms with van der Waals surface area (Å²) in [6.07, 6.45) is 6.66. The largest absolute Gasteiger partial charge is 0.356 e. The first-order valence-corrected chi connectivity index (χ1v) is 11.2. The van der Waals surface area contributed by atoms with E-state index in [1.165, 1.54) is 15.8 Å². The first-order valence-electron chi connectivity index (χ1n) is 9.40. The number of likely N-dealkylation sites (tertiary alicyclic amines) is 1. The standard InChI is InChI=1S/C20H31BrN4S.HI/c1-3-13-25-14-10-17(11-15-25)24-20(22-2)23-12-6-7-16-26-19-9-5-4-8-18(19)21;/h3-5,8-9,17H,1,6-7,10-16H2,2H3,(H2,22,23,24);1H. The maximum absolute atomic E-state index is 4.37. The number of unbranched alkanes of at least 4 members (excludes halogenated alkanes) is 1. The minimum Gasteiger partial charge on any atom is -0.356 e. The number of nitrogens with one attached hydrogen (secondary N) is 2. The average Bonchev–Trinajstić information content (AvgIpc) is 2.66. The van der Waals surface area contributed by atoms with Crippen molar-refractivity contribution in [1.29, 1.82) is 0 Å². The molecule has 0 radical (unpaired) electrons. The molecule has 1 aromatic rings. The molecule has 7 heteroatoms. The molecule has 152 valence electrons. The van der Waals surface area contributed by atoms with Gasteiger partial charge in [0.2, 0.25) is 0 Å². The zero-order valence-corrected chi connectivity index (χ0v) is 20.9. The van der Waals surface area contributed by atoms with Gasteiger partial charge in [-0.1, -0.05) is 18.2 Å². The lowest BCUT2D eigenvalue weighted by Crippen LogP contribution is -2.48. The average molecular weight is 567 g/mol. The van der Waals surface area contributed by atoms with Crippen molar-refractivity contribution in [2.75, 3.05) is 39.0 Å². The lowest BCUT2D eigenvalue weighted by Gasteiger charge is -2.32. The van der Waals surface area contributed by atoms with Crippen LogP contribution in [0.3, 0.4) is 0 Å². The molecule has 2 N–H and O–H groups in total. The Morgan fingerprint density at radius 2 is 2.07 bits per heavy atom. The minimum absolute atomic E-state index is 0. The SMILES string of the molecule is C=CCN1CCC(NC(=NC)NCCCCSc2ccccc2Br)CC1.I. The molecule has 2 rings (SSSR count). The topological polar surface area (TPSA) is 39.7 Å². The van der Waals surface area contributed by atoms with Crippen LogP contribution < -0.4 is 10.6 Å². The Bertz CT molecular complexity index is 577. The van der Waals surface area contributed by atoms with Gasteiger partial charge < -0.3 is 10.6 Å². The van der Waals surface area contributed by atoms with Gasteiger partial charge in [-0.15, -0.1) is 42.3 Å². The Morgan fingerprint density at radius 3 is 2.74 bits per heavy atom. The highest BCUT2D eigenvalue weighted by Crippen LogP contribution is 2.27. The van der Waals surface area contributed by atoms with Gasteiger partial charge in [0.1, 0.15) is 0 Å². The molecule has 1 fully saturated rings. The smallest absolute Gasteiger partial charge is 0.191 e. The third-order valence-electron chi connectivity index (χ3n) is 4.50. The van der Waals surface area contributed by atoms with Crippen molar-refractivity contribution in [2.45, 2.75) is 36.6 Å². The summed E-state index contributed by atoms with van der Waals surface area (Å²) in [4.78, 5) is 8.14. The van der Waals surface area contributed by atoms with E-state index in [2.05, 4.69) is 67.3 Å². The number of hydrogen-bond acceptors (Lipinski definition) is 3. The van der Waals surface area contributed by atoms with Crippen molar-refractivity contribution < 1.29 is 0 Å². The van der Waals surface area contributed by atoms with Gasteiger partial charge in [-0.25, -0.2) is 0 Å². The quantitative estimate of drug-likeness (QED) is 0.113. The normalized spacial score (nSPS) is 15.9. The van der Waals surface area contributed by atoms with Gasteiger partial charge in [-0.05, 0) is 59.5 Å². The van der Waals surface area contributed by atoms with Crippen LogP contribution in [0, 0.1) is 0 Å². The van der Waals surface area contributed by atoms with Crippen molar-refractivity contribution in [3.8, 4) is 0 Å². The number of guanidine groups is 1. The van der Waals surface area contributed by atoms with E-state index in [1.54, 1.807) is 0 Å². The monoisotopic (exact) mass is 566 g/mol. The highest BCUT2D eigenvalue weighted by molar-refractivity contribution is 14.0. The lowest BCUT2D eigenvalue weighted by atomic mass is 10.1. The lowest BCUT2D eigenvalue weighted by molar-refractivity contribution is 0.225. The highest BCUT2D eigenvalue weighted by Gasteiger charge is 2.18. The summed E-state index contributed by atoms with van der Waals surface area (Å²) in [5, 5.41) is 7.02.